The van der Waals surface area contributed by atoms with E-state index in [-0.39, 0.29) is 18.6 Å². The second kappa shape index (κ2) is 9.88. The van der Waals surface area contributed by atoms with E-state index in [4.69, 9.17) is 0 Å². The lowest BCUT2D eigenvalue weighted by atomic mass is 10.2. The van der Waals surface area contributed by atoms with E-state index in [0.717, 1.165) is 21.5 Å². The first-order valence-corrected chi connectivity index (χ1v) is 10.3. The van der Waals surface area contributed by atoms with Crippen LogP contribution < -0.4 is 16.0 Å². The van der Waals surface area contributed by atoms with Gasteiger partial charge in [0.15, 0.2) is 5.65 Å². The van der Waals surface area contributed by atoms with Crippen molar-refractivity contribution in [2.75, 3.05) is 43.2 Å². The maximum atomic E-state index is 11.9. The topological polar surface area (TPSA) is 107 Å². The van der Waals surface area contributed by atoms with Crippen molar-refractivity contribution in [1.82, 2.24) is 19.5 Å². The fourth-order valence-corrected chi connectivity index (χ4v) is 3.17. The number of rotatable bonds is 9. The largest absolute Gasteiger partial charge is 0.394 e. The van der Waals surface area contributed by atoms with Crippen LogP contribution in [0.25, 0.3) is 5.65 Å². The van der Waals surface area contributed by atoms with E-state index in [1.165, 1.54) is 0 Å². The number of nitrogens with zero attached hydrogens (tertiary/aromatic N) is 4. The van der Waals surface area contributed by atoms with Crippen LogP contribution in [0.4, 0.5) is 17.3 Å². The Morgan fingerprint density at radius 3 is 2.70 bits per heavy atom. The molecule has 1 amide bonds. The molecule has 1 atom stereocenters. The minimum atomic E-state index is -0.121. The molecule has 0 aliphatic carbocycles. The van der Waals surface area contributed by atoms with E-state index in [2.05, 4.69) is 42.0 Å². The highest BCUT2D eigenvalue weighted by molar-refractivity contribution is 9.10. The number of hydrogen-bond donors (Lipinski definition) is 4. The summed E-state index contributed by atoms with van der Waals surface area (Å²) >= 11 is 3.47. The molecule has 0 saturated heterocycles. The first kappa shape index (κ1) is 22.0. The number of hydrogen-bond acceptors (Lipinski definition) is 7. The molecule has 160 valence electrons. The average Bonchev–Trinajstić information content (AvgIpc) is 3.07. The number of fused-ring (bicyclic) bond motifs is 1. The number of halogens is 1. The normalized spacial score (nSPS) is 12.2. The summed E-state index contributed by atoms with van der Waals surface area (Å²) in [5, 5.41) is 23.1. The summed E-state index contributed by atoms with van der Waals surface area (Å²) in [7, 11) is 3.71. The van der Waals surface area contributed by atoms with Crippen molar-refractivity contribution < 1.29 is 9.90 Å². The van der Waals surface area contributed by atoms with E-state index in [1.54, 1.807) is 10.7 Å². The number of carbonyl (C=O) groups excluding carboxylic acids is 1. The number of likely N-dealkylation sites (N-methyl/N-ethyl adjacent to an activating group) is 1. The van der Waals surface area contributed by atoms with Gasteiger partial charge in [-0.05, 0) is 54.6 Å². The third-order valence-corrected chi connectivity index (χ3v) is 4.83. The zero-order chi connectivity index (χ0) is 21.7. The third kappa shape index (κ3) is 5.68. The van der Waals surface area contributed by atoms with Gasteiger partial charge in [-0.1, -0.05) is 12.1 Å². The standard InChI is InChI=1S/C20H26BrN7O2/c1-13(12-29)24-17-8-18(28-20(26-17)16(21)10-23-28)22-9-14-4-6-15(7-5-14)25-19(30)11-27(2)3/h4-8,10,13,22,29H,9,11-12H2,1-3H3,(H,24,26)(H,25,30). The number of nitrogens with one attached hydrogen (secondary N) is 3. The summed E-state index contributed by atoms with van der Waals surface area (Å²) in [5.74, 6) is 1.36. The van der Waals surface area contributed by atoms with E-state index in [0.29, 0.717) is 24.6 Å². The summed E-state index contributed by atoms with van der Waals surface area (Å²) in [6.45, 7) is 2.79. The van der Waals surface area contributed by atoms with E-state index in [1.807, 2.05) is 56.3 Å². The SMILES string of the molecule is CC(CO)Nc1cc(NCc2ccc(NC(=O)CN(C)C)cc2)n2ncc(Br)c2n1. The van der Waals surface area contributed by atoms with Gasteiger partial charge in [0.25, 0.3) is 0 Å². The number of aliphatic hydroxyl groups is 1. The van der Waals surface area contributed by atoms with Crippen LogP contribution in [-0.4, -0.2) is 63.8 Å². The van der Waals surface area contributed by atoms with E-state index >= 15 is 0 Å². The van der Waals surface area contributed by atoms with Gasteiger partial charge < -0.3 is 26.0 Å². The molecule has 0 radical (unpaired) electrons. The fourth-order valence-electron chi connectivity index (χ4n) is 2.82. The van der Waals surface area contributed by atoms with Gasteiger partial charge >= 0.3 is 0 Å². The predicted molar refractivity (Wildman–Crippen MR) is 122 cm³/mol. The third-order valence-electron chi connectivity index (χ3n) is 4.27. The van der Waals surface area contributed by atoms with Crippen molar-refractivity contribution in [3.63, 3.8) is 0 Å². The maximum Gasteiger partial charge on any atom is 0.238 e. The highest BCUT2D eigenvalue weighted by atomic mass is 79.9. The Morgan fingerprint density at radius 2 is 2.03 bits per heavy atom. The van der Waals surface area contributed by atoms with Crippen LogP contribution in [0.2, 0.25) is 0 Å². The summed E-state index contributed by atoms with van der Waals surface area (Å²) in [6, 6.07) is 9.42. The minimum absolute atomic E-state index is 0.00742. The minimum Gasteiger partial charge on any atom is -0.394 e. The molecule has 2 aromatic heterocycles. The average molecular weight is 476 g/mol. The number of anilines is 3. The molecular weight excluding hydrogens is 450 g/mol. The van der Waals surface area contributed by atoms with Gasteiger partial charge in [0.05, 0.1) is 23.8 Å². The highest BCUT2D eigenvalue weighted by Crippen LogP contribution is 2.23. The number of carbonyl (C=O) groups is 1. The monoisotopic (exact) mass is 475 g/mol. The van der Waals surface area contributed by atoms with Gasteiger partial charge in [-0.3, -0.25) is 4.79 Å². The molecule has 3 rings (SSSR count). The van der Waals surface area contributed by atoms with Crippen molar-refractivity contribution in [3.05, 3.63) is 46.6 Å². The summed E-state index contributed by atoms with van der Waals surface area (Å²) in [4.78, 5) is 18.2. The smallest absolute Gasteiger partial charge is 0.238 e. The summed E-state index contributed by atoms with van der Waals surface area (Å²) < 4.78 is 2.50. The Labute approximate surface area is 183 Å². The molecule has 3 aromatic rings. The molecule has 1 unspecified atom stereocenters. The fraction of sp³-hybridized carbons (Fsp3) is 0.350. The van der Waals surface area contributed by atoms with Crippen LogP contribution in [0.3, 0.4) is 0 Å². The number of aromatic nitrogens is 3. The van der Waals surface area contributed by atoms with Crippen molar-refractivity contribution in [2.24, 2.45) is 0 Å². The molecule has 10 heteroatoms. The Hall–Kier alpha value is -2.69. The Balaban J connectivity index is 1.71. The van der Waals surface area contributed by atoms with Crippen LogP contribution in [0.5, 0.6) is 0 Å². The lowest BCUT2D eigenvalue weighted by Gasteiger charge is -2.15. The first-order chi connectivity index (χ1) is 14.4. The molecule has 1 aromatic carbocycles. The van der Waals surface area contributed by atoms with Gasteiger partial charge in [-0.25, -0.2) is 4.98 Å². The maximum absolute atomic E-state index is 11.9. The zero-order valence-corrected chi connectivity index (χ0v) is 18.8. The molecular formula is C20H26BrN7O2. The highest BCUT2D eigenvalue weighted by Gasteiger charge is 2.12. The predicted octanol–water partition coefficient (Wildman–Crippen LogP) is 2.40. The van der Waals surface area contributed by atoms with Crippen LogP contribution >= 0.6 is 15.9 Å². The first-order valence-electron chi connectivity index (χ1n) is 9.54. The van der Waals surface area contributed by atoms with Crippen LogP contribution in [0, 0.1) is 0 Å². The summed E-state index contributed by atoms with van der Waals surface area (Å²) in [5.41, 5.74) is 2.49. The molecule has 30 heavy (non-hydrogen) atoms. The quantitative estimate of drug-likeness (QED) is 0.376. The van der Waals surface area contributed by atoms with Gasteiger partial charge in [-0.2, -0.15) is 9.61 Å². The lowest BCUT2D eigenvalue weighted by Crippen LogP contribution is -2.27. The van der Waals surface area contributed by atoms with Gasteiger partial charge in [0.1, 0.15) is 11.6 Å². The van der Waals surface area contributed by atoms with Crippen LogP contribution in [0.1, 0.15) is 12.5 Å². The molecule has 9 nitrogen and oxygen atoms in total. The second-order valence-electron chi connectivity index (χ2n) is 7.32. The second-order valence-corrected chi connectivity index (χ2v) is 8.17. The molecule has 0 aliphatic heterocycles. The van der Waals surface area contributed by atoms with Crippen LogP contribution in [-0.2, 0) is 11.3 Å². The number of aliphatic hydroxyl groups excluding tert-OH is 1. The van der Waals surface area contributed by atoms with E-state index < -0.39 is 0 Å². The molecule has 4 N–H and O–H groups in total. The molecule has 2 heterocycles. The number of benzene rings is 1. The summed E-state index contributed by atoms with van der Waals surface area (Å²) in [6.07, 6.45) is 1.69. The Bertz CT molecular complexity index is 1000. The van der Waals surface area contributed by atoms with Gasteiger partial charge in [0, 0.05) is 24.3 Å². The van der Waals surface area contributed by atoms with Crippen molar-refractivity contribution in [3.8, 4) is 0 Å². The molecule has 0 bridgehead atoms. The molecule has 0 fully saturated rings. The number of amides is 1. The molecule has 0 spiro atoms. The van der Waals surface area contributed by atoms with Gasteiger partial charge in [-0.15, -0.1) is 0 Å². The Kier molecular flexibility index (Phi) is 7.24. The lowest BCUT2D eigenvalue weighted by molar-refractivity contribution is -0.116. The van der Waals surface area contributed by atoms with Crippen molar-refractivity contribution in [2.45, 2.75) is 19.5 Å². The van der Waals surface area contributed by atoms with Crippen molar-refractivity contribution in [1.29, 1.82) is 0 Å². The Morgan fingerprint density at radius 1 is 1.30 bits per heavy atom. The van der Waals surface area contributed by atoms with Gasteiger partial charge in [0.2, 0.25) is 5.91 Å². The molecule has 0 saturated carbocycles. The zero-order valence-electron chi connectivity index (χ0n) is 17.2. The van der Waals surface area contributed by atoms with Crippen molar-refractivity contribution >= 4 is 44.8 Å². The molecule has 0 aliphatic rings. The van der Waals surface area contributed by atoms with E-state index in [9.17, 15) is 9.90 Å². The van der Waals surface area contributed by atoms with Crippen LogP contribution in [0.15, 0.2) is 41.0 Å².